The minimum absolute atomic E-state index is 0.256. The molecule has 0 radical (unpaired) electrons. The van der Waals surface area contributed by atoms with Gasteiger partial charge in [-0.3, -0.25) is 4.90 Å². The molecule has 2 N–H and O–H groups in total. The summed E-state index contributed by atoms with van der Waals surface area (Å²) in [6.07, 6.45) is 7.69. The molecular weight excluding hydrogens is 368 g/mol. The van der Waals surface area contributed by atoms with E-state index in [4.69, 9.17) is 14.2 Å². The number of aliphatic hydroxyl groups is 1. The Morgan fingerprint density at radius 2 is 2.03 bits per heavy atom. The molecule has 6 nitrogen and oxygen atoms in total. The SMILES string of the molecule is COc1cccc(CNCCCC2CCCC2)c1OC[C@H](O)CN1CCOCC1. The fraction of sp³-hybridized carbons (Fsp3) is 0.739. The molecule has 164 valence electrons. The fourth-order valence-corrected chi connectivity index (χ4v) is 4.38. The number of nitrogens with zero attached hydrogens (tertiary/aromatic N) is 1. The van der Waals surface area contributed by atoms with Crippen molar-refractivity contribution in [3.8, 4) is 11.5 Å². The van der Waals surface area contributed by atoms with Crippen LogP contribution >= 0.6 is 0 Å². The molecule has 1 aromatic carbocycles. The van der Waals surface area contributed by atoms with Gasteiger partial charge in [-0.1, -0.05) is 37.8 Å². The van der Waals surface area contributed by atoms with Crippen molar-refractivity contribution in [1.82, 2.24) is 10.2 Å². The molecule has 2 aliphatic rings. The Morgan fingerprint density at radius 3 is 2.79 bits per heavy atom. The fourth-order valence-electron chi connectivity index (χ4n) is 4.38. The van der Waals surface area contributed by atoms with Gasteiger partial charge in [0, 0.05) is 31.7 Å². The molecule has 1 heterocycles. The first kappa shape index (κ1) is 22.3. The lowest BCUT2D eigenvalue weighted by Crippen LogP contribution is -2.42. The number of hydrogen-bond acceptors (Lipinski definition) is 6. The number of aliphatic hydroxyl groups excluding tert-OH is 1. The zero-order chi connectivity index (χ0) is 20.3. The zero-order valence-electron chi connectivity index (χ0n) is 17.9. The van der Waals surface area contributed by atoms with E-state index in [0.717, 1.165) is 56.6 Å². The first-order valence-corrected chi connectivity index (χ1v) is 11.2. The summed E-state index contributed by atoms with van der Waals surface area (Å²) in [7, 11) is 1.66. The van der Waals surface area contributed by atoms with Crippen LogP contribution in [0.25, 0.3) is 0 Å². The Balaban J connectivity index is 1.44. The van der Waals surface area contributed by atoms with E-state index in [1.807, 2.05) is 12.1 Å². The minimum atomic E-state index is -0.537. The van der Waals surface area contributed by atoms with Gasteiger partial charge in [-0.25, -0.2) is 0 Å². The van der Waals surface area contributed by atoms with E-state index in [1.165, 1.54) is 38.5 Å². The van der Waals surface area contributed by atoms with Gasteiger partial charge in [0.15, 0.2) is 11.5 Å². The lowest BCUT2D eigenvalue weighted by atomic mass is 10.0. The molecule has 1 aromatic rings. The largest absolute Gasteiger partial charge is 0.493 e. The molecule has 0 spiro atoms. The summed E-state index contributed by atoms with van der Waals surface area (Å²) in [6.45, 7) is 5.82. The quantitative estimate of drug-likeness (QED) is 0.521. The number of ether oxygens (including phenoxy) is 3. The van der Waals surface area contributed by atoms with Crippen LogP contribution in [0.3, 0.4) is 0 Å². The molecule has 1 saturated carbocycles. The van der Waals surface area contributed by atoms with Gasteiger partial charge in [-0.15, -0.1) is 0 Å². The average Bonchev–Trinajstić information content (AvgIpc) is 3.26. The summed E-state index contributed by atoms with van der Waals surface area (Å²) in [4.78, 5) is 2.21. The number of nitrogens with one attached hydrogen (secondary N) is 1. The summed E-state index contributed by atoms with van der Waals surface area (Å²) < 4.78 is 16.9. The Labute approximate surface area is 175 Å². The van der Waals surface area contributed by atoms with Gasteiger partial charge in [0.1, 0.15) is 12.7 Å². The van der Waals surface area contributed by atoms with Crippen LogP contribution in [0.1, 0.15) is 44.1 Å². The smallest absolute Gasteiger partial charge is 0.165 e. The van der Waals surface area contributed by atoms with Crippen molar-refractivity contribution in [2.24, 2.45) is 5.92 Å². The van der Waals surface area contributed by atoms with E-state index < -0.39 is 6.10 Å². The molecule has 1 aliphatic heterocycles. The van der Waals surface area contributed by atoms with E-state index in [0.29, 0.717) is 12.3 Å². The maximum atomic E-state index is 10.4. The van der Waals surface area contributed by atoms with Crippen LogP contribution in [0.5, 0.6) is 11.5 Å². The Kier molecular flexibility index (Phi) is 9.54. The molecule has 0 amide bonds. The van der Waals surface area contributed by atoms with Crippen molar-refractivity contribution in [3.05, 3.63) is 23.8 Å². The third-order valence-electron chi connectivity index (χ3n) is 6.03. The number of morpholine rings is 1. The molecule has 29 heavy (non-hydrogen) atoms. The number of methoxy groups -OCH3 is 1. The third kappa shape index (κ3) is 7.45. The Bertz CT molecular complexity index is 586. The van der Waals surface area contributed by atoms with Crippen molar-refractivity contribution < 1.29 is 19.3 Å². The molecule has 1 aliphatic carbocycles. The predicted molar refractivity (Wildman–Crippen MR) is 115 cm³/mol. The highest BCUT2D eigenvalue weighted by Crippen LogP contribution is 2.31. The van der Waals surface area contributed by atoms with Crippen LogP contribution in [0, 0.1) is 5.92 Å². The number of β-amino-alcohol motifs (C(OH)–C–C–N with tert-alkyl or cyclic N) is 1. The second kappa shape index (κ2) is 12.4. The van der Waals surface area contributed by atoms with E-state index in [2.05, 4.69) is 16.3 Å². The predicted octanol–water partition coefficient (Wildman–Crippen LogP) is 2.83. The van der Waals surface area contributed by atoms with Gasteiger partial charge in [0.05, 0.1) is 20.3 Å². The molecule has 6 heteroatoms. The van der Waals surface area contributed by atoms with Crippen molar-refractivity contribution >= 4 is 0 Å². The van der Waals surface area contributed by atoms with Crippen molar-refractivity contribution in [1.29, 1.82) is 0 Å². The third-order valence-corrected chi connectivity index (χ3v) is 6.03. The van der Waals surface area contributed by atoms with Crippen molar-refractivity contribution in [2.45, 2.75) is 51.2 Å². The van der Waals surface area contributed by atoms with Gasteiger partial charge < -0.3 is 24.6 Å². The van der Waals surface area contributed by atoms with Crippen LogP contribution in [0.15, 0.2) is 18.2 Å². The second-order valence-electron chi connectivity index (χ2n) is 8.30. The molecule has 3 rings (SSSR count). The van der Waals surface area contributed by atoms with Gasteiger partial charge in [0.25, 0.3) is 0 Å². The van der Waals surface area contributed by atoms with Gasteiger partial charge in [0.2, 0.25) is 0 Å². The number of para-hydroxylation sites is 1. The van der Waals surface area contributed by atoms with Crippen molar-refractivity contribution in [3.63, 3.8) is 0 Å². The van der Waals surface area contributed by atoms with Crippen LogP contribution in [0.2, 0.25) is 0 Å². The summed E-state index contributed by atoms with van der Waals surface area (Å²) in [5.74, 6) is 2.40. The van der Waals surface area contributed by atoms with E-state index >= 15 is 0 Å². The highest BCUT2D eigenvalue weighted by atomic mass is 16.5. The molecule has 0 aromatic heterocycles. The lowest BCUT2D eigenvalue weighted by molar-refractivity contribution is 0.00436. The van der Waals surface area contributed by atoms with Crippen LogP contribution in [-0.4, -0.2) is 69.2 Å². The van der Waals surface area contributed by atoms with E-state index in [1.54, 1.807) is 7.11 Å². The molecule has 2 fully saturated rings. The zero-order valence-corrected chi connectivity index (χ0v) is 17.9. The lowest BCUT2D eigenvalue weighted by Gasteiger charge is -2.28. The minimum Gasteiger partial charge on any atom is -0.493 e. The highest BCUT2D eigenvalue weighted by Gasteiger charge is 2.18. The topological polar surface area (TPSA) is 63.2 Å². The number of hydrogen-bond donors (Lipinski definition) is 2. The van der Waals surface area contributed by atoms with Gasteiger partial charge in [-0.05, 0) is 31.4 Å². The van der Waals surface area contributed by atoms with Gasteiger partial charge in [-0.2, -0.15) is 0 Å². The van der Waals surface area contributed by atoms with E-state index in [9.17, 15) is 5.11 Å². The first-order valence-electron chi connectivity index (χ1n) is 11.2. The maximum Gasteiger partial charge on any atom is 0.165 e. The normalized spacial score (nSPS) is 19.4. The van der Waals surface area contributed by atoms with Crippen molar-refractivity contribution in [2.75, 3.05) is 53.1 Å². The molecule has 0 bridgehead atoms. The summed E-state index contributed by atoms with van der Waals surface area (Å²) in [5.41, 5.74) is 1.07. The molecular formula is C23H38N2O4. The molecule has 0 unspecified atom stereocenters. The van der Waals surface area contributed by atoms with Crippen LogP contribution in [-0.2, 0) is 11.3 Å². The summed E-state index contributed by atoms with van der Waals surface area (Å²) in [6, 6.07) is 5.97. The molecule has 1 atom stereocenters. The Hall–Kier alpha value is -1.34. The maximum absolute atomic E-state index is 10.4. The second-order valence-corrected chi connectivity index (χ2v) is 8.30. The first-order chi connectivity index (χ1) is 14.3. The molecule has 1 saturated heterocycles. The van der Waals surface area contributed by atoms with Gasteiger partial charge >= 0.3 is 0 Å². The highest BCUT2D eigenvalue weighted by molar-refractivity contribution is 5.46. The number of benzene rings is 1. The monoisotopic (exact) mass is 406 g/mol. The standard InChI is InChI=1S/C23H38N2O4/c1-27-22-10-4-9-20(16-24-11-5-8-19-6-2-3-7-19)23(22)29-18-21(26)17-25-12-14-28-15-13-25/h4,9-10,19,21,24,26H,2-3,5-8,11-18H2,1H3/t21-/m1/s1. The summed E-state index contributed by atoms with van der Waals surface area (Å²) >= 11 is 0. The average molecular weight is 407 g/mol. The van der Waals surface area contributed by atoms with Crippen LogP contribution < -0.4 is 14.8 Å². The number of rotatable bonds is 12. The Morgan fingerprint density at radius 1 is 1.24 bits per heavy atom. The van der Waals surface area contributed by atoms with Crippen LogP contribution in [0.4, 0.5) is 0 Å². The van der Waals surface area contributed by atoms with E-state index in [-0.39, 0.29) is 6.61 Å². The summed E-state index contributed by atoms with van der Waals surface area (Å²) in [5, 5.41) is 14.0.